The molecule has 0 aliphatic rings. The van der Waals surface area contributed by atoms with Crippen molar-refractivity contribution in [2.24, 2.45) is 0 Å². The molecule has 0 saturated carbocycles. The lowest BCUT2D eigenvalue weighted by Gasteiger charge is -2.13. The number of carbonyl (C=O) groups excluding carboxylic acids is 3. The third-order valence-electron chi connectivity index (χ3n) is 5.66. The van der Waals surface area contributed by atoms with Crippen molar-refractivity contribution in [3.8, 4) is 5.75 Å². The Labute approximate surface area is 241 Å². The molecule has 0 aromatic heterocycles. The van der Waals surface area contributed by atoms with Crippen LogP contribution in [-0.2, 0) is 9.59 Å². The van der Waals surface area contributed by atoms with Crippen LogP contribution < -0.4 is 20.7 Å². The summed E-state index contributed by atoms with van der Waals surface area (Å²) in [6.45, 7) is 2.31. The fourth-order valence-electron chi connectivity index (χ4n) is 3.70. The number of anilines is 2. The van der Waals surface area contributed by atoms with E-state index in [9.17, 15) is 18.8 Å². The topological polar surface area (TPSA) is 96.5 Å². The average molecular weight is 570 g/mol. The first-order valence-electron chi connectivity index (χ1n) is 12.8. The molecule has 0 bridgehead atoms. The van der Waals surface area contributed by atoms with Gasteiger partial charge in [0.15, 0.2) is 0 Å². The number of amides is 3. The summed E-state index contributed by atoms with van der Waals surface area (Å²) < 4.78 is 18.7. The number of halogens is 1. The third kappa shape index (κ3) is 8.81. The summed E-state index contributed by atoms with van der Waals surface area (Å²) in [6.07, 6.45) is 1.57. The van der Waals surface area contributed by atoms with Crippen molar-refractivity contribution in [2.75, 3.05) is 23.0 Å². The molecule has 0 unspecified atom stereocenters. The molecule has 0 fully saturated rings. The Morgan fingerprint density at radius 1 is 0.805 bits per heavy atom. The van der Waals surface area contributed by atoms with Crippen LogP contribution in [-0.4, -0.2) is 30.1 Å². The Morgan fingerprint density at radius 3 is 2.15 bits per heavy atom. The van der Waals surface area contributed by atoms with Gasteiger partial charge >= 0.3 is 0 Å². The van der Waals surface area contributed by atoms with Crippen molar-refractivity contribution < 1.29 is 23.5 Å². The number of nitrogens with one attached hydrogen (secondary N) is 3. The van der Waals surface area contributed by atoms with Gasteiger partial charge in [-0.3, -0.25) is 14.4 Å². The van der Waals surface area contributed by atoms with Crippen LogP contribution in [0.5, 0.6) is 5.75 Å². The van der Waals surface area contributed by atoms with Gasteiger partial charge in [0.1, 0.15) is 17.3 Å². The van der Waals surface area contributed by atoms with Crippen molar-refractivity contribution >= 4 is 46.9 Å². The minimum atomic E-state index is -0.514. The van der Waals surface area contributed by atoms with Gasteiger partial charge in [-0.15, -0.1) is 11.8 Å². The summed E-state index contributed by atoms with van der Waals surface area (Å²) in [5.74, 6) is -0.803. The molecule has 0 atom stereocenters. The lowest BCUT2D eigenvalue weighted by molar-refractivity contribution is -0.114. The highest BCUT2D eigenvalue weighted by molar-refractivity contribution is 8.00. The van der Waals surface area contributed by atoms with E-state index in [4.69, 9.17) is 4.74 Å². The fraction of sp³-hybridized carbons (Fsp3) is 0.0938. The Balaban J connectivity index is 1.44. The van der Waals surface area contributed by atoms with E-state index >= 15 is 0 Å². The quantitative estimate of drug-likeness (QED) is 0.144. The van der Waals surface area contributed by atoms with Gasteiger partial charge in [0.05, 0.1) is 12.4 Å². The van der Waals surface area contributed by atoms with Gasteiger partial charge in [-0.2, -0.15) is 0 Å². The van der Waals surface area contributed by atoms with Crippen molar-refractivity contribution in [1.82, 2.24) is 5.32 Å². The molecule has 0 radical (unpaired) electrons. The first kappa shape index (κ1) is 29.1. The van der Waals surface area contributed by atoms with Crippen molar-refractivity contribution in [3.63, 3.8) is 0 Å². The van der Waals surface area contributed by atoms with Gasteiger partial charge in [-0.25, -0.2) is 4.39 Å². The zero-order chi connectivity index (χ0) is 29.0. The Hall–Kier alpha value is -4.89. The van der Waals surface area contributed by atoms with Crippen LogP contribution in [0.15, 0.2) is 114 Å². The largest absolute Gasteiger partial charge is 0.493 e. The molecule has 208 valence electrons. The average Bonchev–Trinajstić information content (AvgIpc) is 2.99. The highest BCUT2D eigenvalue weighted by atomic mass is 32.2. The summed E-state index contributed by atoms with van der Waals surface area (Å²) in [4.78, 5) is 39.3. The van der Waals surface area contributed by atoms with E-state index in [2.05, 4.69) is 16.0 Å². The van der Waals surface area contributed by atoms with Gasteiger partial charge in [0.25, 0.3) is 11.8 Å². The molecule has 3 N–H and O–H groups in total. The van der Waals surface area contributed by atoms with E-state index in [-0.39, 0.29) is 23.2 Å². The highest BCUT2D eigenvalue weighted by Crippen LogP contribution is 2.23. The van der Waals surface area contributed by atoms with Crippen LogP contribution in [0.3, 0.4) is 0 Å². The van der Waals surface area contributed by atoms with Crippen LogP contribution in [0.25, 0.3) is 6.08 Å². The lowest BCUT2D eigenvalue weighted by Crippen LogP contribution is -2.30. The monoisotopic (exact) mass is 569 g/mol. The summed E-state index contributed by atoms with van der Waals surface area (Å²) in [5, 5.41) is 8.26. The van der Waals surface area contributed by atoms with Crippen LogP contribution >= 0.6 is 11.8 Å². The molecule has 4 rings (SSSR count). The number of rotatable bonds is 11. The summed E-state index contributed by atoms with van der Waals surface area (Å²) >= 11 is 1.32. The Kier molecular flexibility index (Phi) is 10.3. The van der Waals surface area contributed by atoms with E-state index in [0.29, 0.717) is 34.9 Å². The smallest absolute Gasteiger partial charge is 0.272 e. The first-order valence-corrected chi connectivity index (χ1v) is 13.8. The van der Waals surface area contributed by atoms with E-state index < -0.39 is 11.8 Å². The number of hydrogen-bond acceptors (Lipinski definition) is 5. The summed E-state index contributed by atoms with van der Waals surface area (Å²) in [6, 6.07) is 28.4. The number of ether oxygens (including phenoxy) is 1. The summed E-state index contributed by atoms with van der Waals surface area (Å²) in [5.41, 5.74) is 2.12. The second-order valence-electron chi connectivity index (χ2n) is 8.67. The third-order valence-corrected chi connectivity index (χ3v) is 6.67. The minimum Gasteiger partial charge on any atom is -0.493 e. The van der Waals surface area contributed by atoms with Gasteiger partial charge in [-0.05, 0) is 79.7 Å². The number of thioether (sulfide) groups is 1. The SMILES string of the molecule is CCOc1ccccc1/C=C(\NC(=O)c1ccccc1)C(=O)Nc1ccc(SCC(=O)Nc2ccc(F)cc2)cc1. The maximum atomic E-state index is 13.3. The molecule has 3 amide bonds. The molecule has 9 heteroatoms. The van der Waals surface area contributed by atoms with Crippen molar-refractivity contribution in [3.05, 3.63) is 126 Å². The molecule has 7 nitrogen and oxygen atoms in total. The molecular formula is C32H28FN3O4S. The molecule has 4 aromatic rings. The summed E-state index contributed by atoms with van der Waals surface area (Å²) in [7, 11) is 0. The van der Waals surface area contributed by atoms with E-state index in [1.807, 2.05) is 19.1 Å². The first-order chi connectivity index (χ1) is 19.9. The van der Waals surface area contributed by atoms with Crippen molar-refractivity contribution in [1.29, 1.82) is 0 Å². The predicted octanol–water partition coefficient (Wildman–Crippen LogP) is 6.36. The number of carbonyl (C=O) groups is 3. The minimum absolute atomic E-state index is 0.0434. The van der Waals surface area contributed by atoms with Crippen LogP contribution in [0.1, 0.15) is 22.8 Å². The molecule has 41 heavy (non-hydrogen) atoms. The van der Waals surface area contributed by atoms with Crippen LogP contribution in [0, 0.1) is 5.82 Å². The molecule has 0 saturated heterocycles. The van der Waals surface area contributed by atoms with Crippen molar-refractivity contribution in [2.45, 2.75) is 11.8 Å². The van der Waals surface area contributed by atoms with Gasteiger partial charge in [-0.1, -0.05) is 36.4 Å². The molecule has 0 spiro atoms. The molecular weight excluding hydrogens is 541 g/mol. The van der Waals surface area contributed by atoms with Gasteiger partial charge in [0.2, 0.25) is 5.91 Å². The van der Waals surface area contributed by atoms with E-state index in [1.165, 1.54) is 36.0 Å². The molecule has 0 aliphatic carbocycles. The van der Waals surface area contributed by atoms with Gasteiger partial charge in [0, 0.05) is 27.4 Å². The predicted molar refractivity (Wildman–Crippen MR) is 160 cm³/mol. The fourth-order valence-corrected chi connectivity index (χ4v) is 4.40. The maximum absolute atomic E-state index is 13.3. The number of hydrogen-bond donors (Lipinski definition) is 3. The van der Waals surface area contributed by atoms with Crippen LogP contribution in [0.2, 0.25) is 0 Å². The highest BCUT2D eigenvalue weighted by Gasteiger charge is 2.16. The standard InChI is InChI=1S/C32H28FN3O4S/c1-2-40-29-11-7-6-10-23(29)20-28(36-31(38)22-8-4-3-5-9-22)32(39)35-26-16-18-27(19-17-26)41-21-30(37)34-25-14-12-24(33)13-15-25/h3-20H,2,21H2,1H3,(H,34,37)(H,35,39)(H,36,38)/b28-20-. The second kappa shape index (κ2) is 14.5. The molecule has 4 aromatic carbocycles. The zero-order valence-corrected chi connectivity index (χ0v) is 23.0. The Bertz CT molecular complexity index is 1530. The molecule has 0 aliphatic heterocycles. The second-order valence-corrected chi connectivity index (χ2v) is 9.72. The zero-order valence-electron chi connectivity index (χ0n) is 22.2. The maximum Gasteiger partial charge on any atom is 0.272 e. The number of para-hydroxylation sites is 1. The van der Waals surface area contributed by atoms with Crippen LogP contribution in [0.4, 0.5) is 15.8 Å². The molecule has 0 heterocycles. The van der Waals surface area contributed by atoms with E-state index in [0.717, 1.165) is 4.90 Å². The number of benzene rings is 4. The normalized spacial score (nSPS) is 10.9. The van der Waals surface area contributed by atoms with Gasteiger partial charge < -0.3 is 20.7 Å². The Morgan fingerprint density at radius 2 is 1.44 bits per heavy atom. The lowest BCUT2D eigenvalue weighted by atomic mass is 10.1. The van der Waals surface area contributed by atoms with E-state index in [1.54, 1.807) is 72.8 Å².